The second kappa shape index (κ2) is 10.2. The van der Waals surface area contributed by atoms with Gasteiger partial charge in [0.1, 0.15) is 5.75 Å². The van der Waals surface area contributed by atoms with E-state index in [-0.39, 0.29) is 17.5 Å². The number of aromatic nitrogens is 1. The van der Waals surface area contributed by atoms with Crippen molar-refractivity contribution in [2.24, 2.45) is 4.99 Å². The molecule has 0 spiro atoms. The largest absolute Gasteiger partial charge is 0.508 e. The highest BCUT2D eigenvalue weighted by Gasteiger charge is 2.19. The number of benzene rings is 3. The summed E-state index contributed by atoms with van der Waals surface area (Å²) in [5.74, 6) is 0.0712. The van der Waals surface area contributed by atoms with Crippen molar-refractivity contribution < 1.29 is 15.0 Å². The number of nitrogens with zero attached hydrogens (tertiary/aromatic N) is 3. The van der Waals surface area contributed by atoms with Crippen LogP contribution in [0.3, 0.4) is 0 Å². The van der Waals surface area contributed by atoms with Gasteiger partial charge in [0.2, 0.25) is 5.91 Å². The molecule has 8 heteroatoms. The van der Waals surface area contributed by atoms with E-state index < -0.39 is 0 Å². The van der Waals surface area contributed by atoms with E-state index in [0.717, 1.165) is 23.2 Å². The van der Waals surface area contributed by atoms with Crippen molar-refractivity contribution in [2.45, 2.75) is 6.92 Å². The first-order chi connectivity index (χ1) is 16.7. The number of hydrogen-bond acceptors (Lipinski definition) is 5. The van der Waals surface area contributed by atoms with Crippen molar-refractivity contribution in [3.8, 4) is 11.6 Å². The molecule has 1 aromatic heterocycles. The minimum Gasteiger partial charge on any atom is -0.508 e. The van der Waals surface area contributed by atoms with Crippen molar-refractivity contribution in [2.75, 3.05) is 32.1 Å². The normalized spacial score (nSPS) is 11.9. The van der Waals surface area contributed by atoms with E-state index in [4.69, 9.17) is 16.6 Å². The summed E-state index contributed by atoms with van der Waals surface area (Å²) < 4.78 is 0. The average molecular weight is 491 g/mol. The van der Waals surface area contributed by atoms with Gasteiger partial charge in [0.05, 0.1) is 22.5 Å². The van der Waals surface area contributed by atoms with Crippen LogP contribution >= 0.6 is 11.6 Å². The van der Waals surface area contributed by atoms with Crippen LogP contribution in [0.2, 0.25) is 5.02 Å². The van der Waals surface area contributed by atoms with E-state index in [1.165, 1.54) is 0 Å². The summed E-state index contributed by atoms with van der Waals surface area (Å²) in [6, 6.07) is 19.4. The zero-order valence-corrected chi connectivity index (χ0v) is 20.5. The van der Waals surface area contributed by atoms with Crippen LogP contribution in [0.25, 0.3) is 10.9 Å². The fourth-order valence-electron chi connectivity index (χ4n) is 3.88. The minimum atomic E-state index is -0.0322. The molecule has 0 aliphatic carbocycles. The predicted molar refractivity (Wildman–Crippen MR) is 141 cm³/mol. The summed E-state index contributed by atoms with van der Waals surface area (Å²) >= 11 is 6.14. The number of phenolic OH excluding ortho intramolecular Hbond substituents is 1. The third kappa shape index (κ3) is 5.48. The Bertz CT molecular complexity index is 1380. The average Bonchev–Trinajstić information content (AvgIpc) is 3.13. The van der Waals surface area contributed by atoms with Crippen LogP contribution in [0.4, 0.5) is 11.4 Å². The van der Waals surface area contributed by atoms with Gasteiger partial charge < -0.3 is 25.0 Å². The number of phenols is 1. The van der Waals surface area contributed by atoms with Gasteiger partial charge in [0, 0.05) is 41.7 Å². The molecular formula is C27H27ClN4O3. The molecule has 0 saturated heterocycles. The lowest BCUT2D eigenvalue weighted by Crippen LogP contribution is -2.35. The Morgan fingerprint density at radius 3 is 2.29 bits per heavy atom. The molecule has 1 heterocycles. The molecule has 4 rings (SSSR count). The van der Waals surface area contributed by atoms with Crippen LogP contribution in [0.1, 0.15) is 18.1 Å². The zero-order chi connectivity index (χ0) is 25.1. The first kappa shape index (κ1) is 24.3. The number of aromatic hydroxyl groups is 2. The number of carbonyl (C=O) groups is 1. The van der Waals surface area contributed by atoms with Crippen LogP contribution in [0, 0.1) is 0 Å². The van der Waals surface area contributed by atoms with Gasteiger partial charge in [0.15, 0.2) is 5.88 Å². The summed E-state index contributed by atoms with van der Waals surface area (Å²) in [5.41, 5.74) is 3.89. The molecule has 35 heavy (non-hydrogen) atoms. The molecule has 0 bridgehead atoms. The predicted octanol–water partition coefficient (Wildman–Crippen LogP) is 5.32. The Kier molecular flexibility index (Phi) is 7.10. The highest BCUT2D eigenvalue weighted by atomic mass is 35.5. The molecule has 0 saturated carbocycles. The van der Waals surface area contributed by atoms with E-state index in [1.807, 2.05) is 49.3 Å². The standard InChI is InChI=1S/C27H27ClN4O3/c1-17(33)32(15-14-31(2)3)21-9-7-20(8-10-21)29-26(18-4-11-22(34)12-5-18)25-23-13-6-19(28)16-24(23)30-27(25)35/h4-13,16,30,34-35H,14-15H2,1-3H3. The highest BCUT2D eigenvalue weighted by molar-refractivity contribution is 6.31. The second-order valence-electron chi connectivity index (χ2n) is 8.54. The lowest BCUT2D eigenvalue weighted by atomic mass is 10.0. The summed E-state index contributed by atoms with van der Waals surface area (Å²) in [4.78, 5) is 23.8. The molecule has 0 atom stereocenters. The van der Waals surface area contributed by atoms with Gasteiger partial charge in [-0.25, -0.2) is 4.99 Å². The maximum atomic E-state index is 12.2. The van der Waals surface area contributed by atoms with Gasteiger partial charge in [0.25, 0.3) is 0 Å². The Balaban J connectivity index is 1.79. The zero-order valence-electron chi connectivity index (χ0n) is 19.8. The second-order valence-corrected chi connectivity index (χ2v) is 8.97. The molecule has 0 aliphatic rings. The molecule has 0 aliphatic heterocycles. The minimum absolute atomic E-state index is 0.0304. The van der Waals surface area contributed by atoms with Gasteiger partial charge in [-0.15, -0.1) is 0 Å². The van der Waals surface area contributed by atoms with Gasteiger partial charge in [-0.05, 0) is 74.8 Å². The maximum Gasteiger partial charge on any atom is 0.223 e. The molecule has 4 aromatic rings. The maximum absolute atomic E-state index is 12.2. The molecule has 3 aromatic carbocycles. The Morgan fingerprint density at radius 1 is 0.971 bits per heavy atom. The number of rotatable bonds is 7. The molecule has 180 valence electrons. The summed E-state index contributed by atoms with van der Waals surface area (Å²) in [5, 5.41) is 21.9. The summed E-state index contributed by atoms with van der Waals surface area (Å²) in [7, 11) is 3.93. The number of anilines is 1. The fourth-order valence-corrected chi connectivity index (χ4v) is 4.06. The molecule has 0 radical (unpaired) electrons. The molecule has 3 N–H and O–H groups in total. The Labute approximate surface area is 208 Å². The van der Waals surface area contributed by atoms with Gasteiger partial charge in [-0.2, -0.15) is 0 Å². The number of H-pyrrole nitrogens is 1. The number of likely N-dealkylation sites (N-methyl/N-ethyl adjacent to an activating group) is 1. The number of aromatic amines is 1. The van der Waals surface area contributed by atoms with Gasteiger partial charge in [-0.1, -0.05) is 17.7 Å². The van der Waals surface area contributed by atoms with E-state index in [1.54, 1.807) is 48.2 Å². The van der Waals surface area contributed by atoms with Crippen LogP contribution in [0.5, 0.6) is 11.6 Å². The first-order valence-electron chi connectivity index (χ1n) is 11.1. The van der Waals surface area contributed by atoms with Gasteiger partial charge >= 0.3 is 0 Å². The Morgan fingerprint density at radius 2 is 1.66 bits per heavy atom. The third-order valence-electron chi connectivity index (χ3n) is 5.67. The number of nitrogens with one attached hydrogen (secondary N) is 1. The molecule has 7 nitrogen and oxygen atoms in total. The van der Waals surface area contributed by atoms with Crippen molar-refractivity contribution >= 4 is 45.5 Å². The van der Waals surface area contributed by atoms with E-state index in [2.05, 4.69) is 4.98 Å². The van der Waals surface area contributed by atoms with E-state index >= 15 is 0 Å². The van der Waals surface area contributed by atoms with E-state index in [0.29, 0.717) is 34.0 Å². The van der Waals surface area contributed by atoms with Crippen LogP contribution in [0.15, 0.2) is 71.7 Å². The summed E-state index contributed by atoms with van der Waals surface area (Å²) in [6.45, 7) is 2.88. The number of aliphatic imine (C=N–C) groups is 1. The van der Waals surface area contributed by atoms with Crippen molar-refractivity contribution in [1.82, 2.24) is 9.88 Å². The molecule has 0 fully saturated rings. The van der Waals surface area contributed by atoms with Crippen molar-refractivity contribution in [3.05, 3.63) is 82.9 Å². The van der Waals surface area contributed by atoms with Crippen molar-refractivity contribution in [3.63, 3.8) is 0 Å². The molecule has 0 unspecified atom stereocenters. The highest BCUT2D eigenvalue weighted by Crippen LogP contribution is 2.33. The fraction of sp³-hybridized carbons (Fsp3) is 0.185. The quantitative estimate of drug-likeness (QED) is 0.306. The number of amides is 1. The number of hydrogen-bond donors (Lipinski definition) is 3. The monoisotopic (exact) mass is 490 g/mol. The van der Waals surface area contributed by atoms with E-state index in [9.17, 15) is 15.0 Å². The van der Waals surface area contributed by atoms with Crippen LogP contribution < -0.4 is 4.90 Å². The number of fused-ring (bicyclic) bond motifs is 1. The molecule has 1 amide bonds. The third-order valence-corrected chi connectivity index (χ3v) is 5.91. The lowest BCUT2D eigenvalue weighted by molar-refractivity contribution is -0.116. The Hall–Kier alpha value is -3.81. The summed E-state index contributed by atoms with van der Waals surface area (Å²) in [6.07, 6.45) is 0. The number of halogens is 1. The first-order valence-corrected chi connectivity index (χ1v) is 11.5. The smallest absolute Gasteiger partial charge is 0.223 e. The SMILES string of the molecule is CC(=O)N(CCN(C)C)c1ccc(N=C(c2ccc(O)cc2)c2c(O)[nH]c3cc(Cl)ccc23)cc1. The number of carbonyl (C=O) groups excluding carboxylic acids is 1. The molecular weight excluding hydrogens is 464 g/mol. The van der Waals surface area contributed by atoms with Gasteiger partial charge in [-0.3, -0.25) is 4.79 Å². The van der Waals surface area contributed by atoms with Crippen LogP contribution in [-0.2, 0) is 4.79 Å². The van der Waals surface area contributed by atoms with Crippen LogP contribution in [-0.4, -0.2) is 58.9 Å². The van der Waals surface area contributed by atoms with Crippen molar-refractivity contribution in [1.29, 1.82) is 0 Å². The lowest BCUT2D eigenvalue weighted by Gasteiger charge is -2.23. The topological polar surface area (TPSA) is 92.2 Å².